The maximum Gasteiger partial charge on any atom is 0.284 e. The summed E-state index contributed by atoms with van der Waals surface area (Å²) in [5.41, 5.74) is 0.226. The van der Waals surface area contributed by atoms with Gasteiger partial charge in [-0.2, -0.15) is 19.1 Å². The molecule has 1 atom stereocenters. The molecule has 0 fully saturated rings. The van der Waals surface area contributed by atoms with Gasteiger partial charge in [-0.05, 0) is 43.2 Å². The molecule has 2 aromatic heterocycles. The van der Waals surface area contributed by atoms with Gasteiger partial charge in [0.1, 0.15) is 26.6 Å². The molecule has 0 radical (unpaired) electrons. The Morgan fingerprint density at radius 1 is 1.21 bits per heavy atom. The van der Waals surface area contributed by atoms with Crippen LogP contribution in [0, 0.1) is 24.2 Å². The summed E-state index contributed by atoms with van der Waals surface area (Å²) in [4.78, 5) is 0.688. The summed E-state index contributed by atoms with van der Waals surface area (Å²) in [7, 11) is 0.205. The van der Waals surface area contributed by atoms with Crippen molar-refractivity contribution in [2.75, 3.05) is 12.5 Å². The van der Waals surface area contributed by atoms with Gasteiger partial charge in [0.25, 0.3) is 5.66 Å². The topological polar surface area (TPSA) is 75.8 Å². The second kappa shape index (κ2) is 14.0. The van der Waals surface area contributed by atoms with Gasteiger partial charge < -0.3 is 0 Å². The molecular weight excluding hydrogens is 563 g/mol. The minimum Gasteiger partial charge on any atom is -0.260 e. The number of thioether (sulfide) groups is 1. The van der Waals surface area contributed by atoms with Gasteiger partial charge in [-0.25, -0.2) is 8.42 Å². The van der Waals surface area contributed by atoms with Crippen molar-refractivity contribution in [3.63, 3.8) is 0 Å². The van der Waals surface area contributed by atoms with Crippen LogP contribution in [-0.2, 0) is 29.0 Å². The standard InChI is InChI=1S/C16H25F2P.C11H11N3O2S3/c1-4-6-13(7-5-2)11-14-10-12(3)8-9-15(14)16(17,18)19;1-14-11(17-2)7(6-12)10(13-14)8-4-5-9(18-8)19(3,15)16/h8-10,13H,4-7,11,19H2,1-3H3;4-5H,1-3H3. The number of hydrogen-bond acceptors (Lipinski definition) is 6. The van der Waals surface area contributed by atoms with Crippen LogP contribution < -0.4 is 0 Å². The van der Waals surface area contributed by atoms with Crippen LogP contribution in [0.5, 0.6) is 0 Å². The second-order valence-electron chi connectivity index (χ2n) is 9.29. The van der Waals surface area contributed by atoms with E-state index in [0.29, 0.717) is 22.1 Å². The zero-order chi connectivity index (χ0) is 28.7. The molecule has 0 aliphatic heterocycles. The summed E-state index contributed by atoms with van der Waals surface area (Å²) in [6.07, 6.45) is 8.26. The van der Waals surface area contributed by atoms with E-state index in [0.717, 1.165) is 59.6 Å². The lowest BCUT2D eigenvalue weighted by Gasteiger charge is -2.21. The molecule has 11 heteroatoms. The fraction of sp³-hybridized carbons (Fsp3) is 0.481. The maximum atomic E-state index is 13.6. The number of rotatable bonds is 10. The molecule has 0 saturated carbocycles. The van der Waals surface area contributed by atoms with Gasteiger partial charge in [0, 0.05) is 18.9 Å². The third-order valence-corrected chi connectivity index (χ3v) is 10.1. The van der Waals surface area contributed by atoms with Crippen molar-refractivity contribution < 1.29 is 17.2 Å². The average molecular weight is 600 g/mol. The molecule has 2 heterocycles. The highest BCUT2D eigenvalue weighted by Gasteiger charge is 2.28. The summed E-state index contributed by atoms with van der Waals surface area (Å²) in [5.74, 6) is 0.517. The highest BCUT2D eigenvalue weighted by Crippen LogP contribution is 2.39. The Kier molecular flexibility index (Phi) is 12.0. The van der Waals surface area contributed by atoms with Crippen LogP contribution in [0.15, 0.2) is 39.6 Å². The van der Waals surface area contributed by atoms with E-state index in [9.17, 15) is 22.5 Å². The molecular formula is C27H36F2N3O2PS3. The maximum absolute atomic E-state index is 13.6. The van der Waals surface area contributed by atoms with E-state index >= 15 is 0 Å². The summed E-state index contributed by atoms with van der Waals surface area (Å²) in [6.45, 7) is 6.27. The normalized spacial score (nSPS) is 11.8. The van der Waals surface area contributed by atoms with Crippen LogP contribution in [0.3, 0.4) is 0 Å². The van der Waals surface area contributed by atoms with Crippen LogP contribution in [0.2, 0.25) is 0 Å². The number of sulfone groups is 1. The number of alkyl halides is 2. The lowest BCUT2D eigenvalue weighted by molar-refractivity contribution is 0.102. The van der Waals surface area contributed by atoms with Gasteiger partial charge in [0.15, 0.2) is 9.84 Å². The van der Waals surface area contributed by atoms with Crippen LogP contribution in [-0.4, -0.2) is 30.7 Å². The van der Waals surface area contributed by atoms with Crippen molar-refractivity contribution in [3.05, 3.63) is 52.6 Å². The quantitative estimate of drug-likeness (QED) is 0.175. The lowest BCUT2D eigenvalue weighted by atomic mass is 9.88. The zero-order valence-corrected chi connectivity index (χ0v) is 26.3. The molecule has 1 aromatic carbocycles. The first-order valence-electron chi connectivity index (χ1n) is 12.3. The molecule has 0 aliphatic rings. The molecule has 0 bridgehead atoms. The lowest BCUT2D eigenvalue weighted by Crippen LogP contribution is -2.12. The molecule has 3 aromatic rings. The van der Waals surface area contributed by atoms with E-state index in [1.165, 1.54) is 18.0 Å². The molecule has 1 unspecified atom stereocenters. The highest BCUT2D eigenvalue weighted by molar-refractivity contribution is 7.98. The predicted molar refractivity (Wildman–Crippen MR) is 158 cm³/mol. The van der Waals surface area contributed by atoms with Crippen molar-refractivity contribution in [3.8, 4) is 16.6 Å². The molecule has 5 nitrogen and oxygen atoms in total. The van der Waals surface area contributed by atoms with E-state index in [1.807, 2.05) is 19.2 Å². The Labute approximate surface area is 236 Å². The van der Waals surface area contributed by atoms with E-state index < -0.39 is 15.5 Å². The van der Waals surface area contributed by atoms with Crippen LogP contribution in [0.1, 0.15) is 61.8 Å². The van der Waals surface area contributed by atoms with Crippen molar-refractivity contribution in [2.45, 2.75) is 67.8 Å². The molecule has 0 N–H and O–H groups in total. The summed E-state index contributed by atoms with van der Waals surface area (Å²) in [5, 5.41) is 14.3. The molecule has 0 amide bonds. The second-order valence-corrected chi connectivity index (χ2v) is 14.1. The molecule has 3 rings (SSSR count). The molecule has 0 aliphatic carbocycles. The van der Waals surface area contributed by atoms with E-state index in [-0.39, 0.29) is 9.77 Å². The van der Waals surface area contributed by atoms with E-state index in [2.05, 4.69) is 25.0 Å². The van der Waals surface area contributed by atoms with Crippen LogP contribution in [0.25, 0.3) is 10.6 Å². The first kappa shape index (κ1) is 32.4. The van der Waals surface area contributed by atoms with Gasteiger partial charge in [0.2, 0.25) is 0 Å². The Bertz CT molecular complexity index is 1370. The SMILES string of the molecule is CCCC(CCC)Cc1cc(C)ccc1C(F)(F)P.CSc1c(C#N)c(-c2ccc(S(C)(=O)=O)s2)nn1C. The third kappa shape index (κ3) is 8.61. The fourth-order valence-electron chi connectivity index (χ4n) is 4.36. The average Bonchev–Trinajstić information content (AvgIpc) is 3.43. The monoisotopic (exact) mass is 599 g/mol. The molecule has 0 saturated heterocycles. The minimum absolute atomic E-state index is 0.167. The summed E-state index contributed by atoms with van der Waals surface area (Å²) < 4.78 is 52.1. The number of hydrogen-bond donors (Lipinski definition) is 0. The Morgan fingerprint density at radius 3 is 2.32 bits per heavy atom. The number of nitriles is 1. The Balaban J connectivity index is 0.000000267. The minimum atomic E-state index is -3.22. The van der Waals surface area contributed by atoms with E-state index in [4.69, 9.17) is 0 Å². The fourth-order valence-corrected chi connectivity index (χ4v) is 7.21. The Morgan fingerprint density at radius 2 is 1.84 bits per heavy atom. The van der Waals surface area contributed by atoms with Gasteiger partial charge >= 0.3 is 0 Å². The van der Waals surface area contributed by atoms with Crippen molar-refractivity contribution >= 4 is 42.2 Å². The van der Waals surface area contributed by atoms with Crippen LogP contribution in [0.4, 0.5) is 8.78 Å². The predicted octanol–water partition coefficient (Wildman–Crippen LogP) is 7.82. The summed E-state index contributed by atoms with van der Waals surface area (Å²) in [6, 6.07) is 10.6. The smallest absolute Gasteiger partial charge is 0.260 e. The molecule has 0 spiro atoms. The van der Waals surface area contributed by atoms with E-state index in [1.54, 1.807) is 45.2 Å². The number of halogens is 2. The van der Waals surface area contributed by atoms with Crippen molar-refractivity contribution in [2.24, 2.45) is 13.0 Å². The number of nitrogens with zero attached hydrogens (tertiary/aromatic N) is 3. The van der Waals surface area contributed by atoms with Gasteiger partial charge in [0.05, 0.1) is 4.88 Å². The van der Waals surface area contributed by atoms with Gasteiger partial charge in [-0.3, -0.25) is 4.68 Å². The molecule has 208 valence electrons. The zero-order valence-electron chi connectivity index (χ0n) is 22.7. The third-order valence-electron chi connectivity index (χ3n) is 6.00. The highest BCUT2D eigenvalue weighted by atomic mass is 32.2. The largest absolute Gasteiger partial charge is 0.284 e. The first-order chi connectivity index (χ1) is 17.8. The first-order valence-corrected chi connectivity index (χ1v) is 16.9. The Hall–Kier alpha value is -1.79. The van der Waals surface area contributed by atoms with Crippen LogP contribution >= 0.6 is 32.3 Å². The van der Waals surface area contributed by atoms with Gasteiger partial charge in [-0.15, -0.1) is 23.1 Å². The molecule has 38 heavy (non-hydrogen) atoms. The number of aromatic nitrogens is 2. The number of benzene rings is 1. The van der Waals surface area contributed by atoms with Gasteiger partial charge in [-0.1, -0.05) is 72.5 Å². The number of aryl methyl sites for hydroxylation is 2. The number of thiophene rings is 1. The summed E-state index contributed by atoms with van der Waals surface area (Å²) >= 11 is 2.57. The van der Waals surface area contributed by atoms with Crippen molar-refractivity contribution in [1.82, 2.24) is 9.78 Å². The van der Waals surface area contributed by atoms with Crippen molar-refractivity contribution in [1.29, 1.82) is 5.26 Å².